The van der Waals surface area contributed by atoms with Gasteiger partial charge in [-0.1, -0.05) is 79.9 Å². The lowest BCUT2D eigenvalue weighted by Crippen LogP contribution is -2.44. The molecule has 1 saturated heterocycles. The van der Waals surface area contributed by atoms with Crippen molar-refractivity contribution in [2.75, 3.05) is 20.1 Å². The summed E-state index contributed by atoms with van der Waals surface area (Å²) in [6, 6.07) is 18.4. The van der Waals surface area contributed by atoms with Crippen LogP contribution in [0.15, 0.2) is 60.7 Å². The fourth-order valence-electron chi connectivity index (χ4n) is 5.37. The number of amides is 3. The summed E-state index contributed by atoms with van der Waals surface area (Å²) in [5, 5.41) is 10.6. The maximum atomic E-state index is 13.8. The normalized spacial score (nSPS) is 22.1. The molecule has 0 spiro atoms. The van der Waals surface area contributed by atoms with Gasteiger partial charge in [-0.3, -0.25) is 19.3 Å². The topological polar surface area (TPSA) is 77.9 Å². The van der Waals surface area contributed by atoms with Gasteiger partial charge in [-0.25, -0.2) is 0 Å². The third kappa shape index (κ3) is 5.07. The van der Waals surface area contributed by atoms with Crippen molar-refractivity contribution in [1.29, 1.82) is 0 Å². The first-order valence-corrected chi connectivity index (χ1v) is 12.3. The number of carbonyl (C=O) groups excluding carboxylic acids is 3. The van der Waals surface area contributed by atoms with Crippen molar-refractivity contribution in [3.63, 3.8) is 0 Å². The molecule has 0 aromatic heterocycles. The molecule has 0 radical (unpaired) electrons. The van der Waals surface area contributed by atoms with E-state index >= 15 is 0 Å². The average molecular weight is 463 g/mol. The Morgan fingerprint density at radius 3 is 2.29 bits per heavy atom. The lowest BCUT2D eigenvalue weighted by atomic mass is 9.75. The van der Waals surface area contributed by atoms with Gasteiger partial charge in [-0.2, -0.15) is 0 Å². The zero-order valence-corrected chi connectivity index (χ0v) is 19.9. The number of likely N-dealkylation sites (tertiary alicyclic amines) is 1. The zero-order valence-electron chi connectivity index (χ0n) is 19.9. The van der Waals surface area contributed by atoms with E-state index in [1.54, 1.807) is 7.05 Å². The van der Waals surface area contributed by atoms with E-state index in [4.69, 9.17) is 0 Å². The predicted molar refractivity (Wildman–Crippen MR) is 130 cm³/mol. The number of likely N-dealkylation sites (N-methyl/N-ethyl adjacent to an activating group) is 1. The highest BCUT2D eigenvalue weighted by atomic mass is 16.3. The van der Waals surface area contributed by atoms with Crippen LogP contribution in [0.25, 0.3) is 0 Å². The van der Waals surface area contributed by atoms with Crippen molar-refractivity contribution in [3.8, 4) is 0 Å². The van der Waals surface area contributed by atoms with Crippen LogP contribution in [0.4, 0.5) is 0 Å². The van der Waals surface area contributed by atoms with Gasteiger partial charge in [-0.15, -0.1) is 0 Å². The van der Waals surface area contributed by atoms with Gasteiger partial charge in [0.25, 0.3) is 0 Å². The van der Waals surface area contributed by atoms with E-state index in [0.717, 1.165) is 31.2 Å². The van der Waals surface area contributed by atoms with Crippen LogP contribution in [0.5, 0.6) is 0 Å². The second kappa shape index (κ2) is 10.5. The molecule has 2 aromatic carbocycles. The van der Waals surface area contributed by atoms with Crippen molar-refractivity contribution in [3.05, 3.63) is 71.8 Å². The van der Waals surface area contributed by atoms with Crippen molar-refractivity contribution >= 4 is 17.7 Å². The smallest absolute Gasteiger partial charge is 0.240 e. The Morgan fingerprint density at radius 1 is 1.03 bits per heavy atom. The van der Waals surface area contributed by atoms with Crippen molar-refractivity contribution in [2.45, 2.75) is 56.5 Å². The molecule has 1 saturated carbocycles. The minimum absolute atomic E-state index is 0.00336. The lowest BCUT2D eigenvalue weighted by Gasteiger charge is -2.31. The molecule has 3 amide bonds. The van der Waals surface area contributed by atoms with Crippen molar-refractivity contribution < 1.29 is 19.5 Å². The summed E-state index contributed by atoms with van der Waals surface area (Å²) >= 11 is 0. The second-order valence-electron chi connectivity index (χ2n) is 9.82. The maximum Gasteiger partial charge on any atom is 0.240 e. The van der Waals surface area contributed by atoms with Crippen LogP contribution < -0.4 is 0 Å². The van der Waals surface area contributed by atoms with Crippen LogP contribution in [0, 0.1) is 5.92 Å². The number of benzene rings is 2. The number of aliphatic hydroxyl groups excluding tert-OH is 1. The molecular weight excluding hydrogens is 428 g/mol. The molecule has 0 unspecified atom stereocenters. The molecule has 1 N–H and O–H groups in total. The minimum Gasteiger partial charge on any atom is -0.387 e. The Bertz CT molecular complexity index is 1000. The largest absolute Gasteiger partial charge is 0.387 e. The predicted octanol–water partition coefficient (Wildman–Crippen LogP) is 3.85. The molecule has 180 valence electrons. The number of carbonyl (C=O) groups is 3. The van der Waals surface area contributed by atoms with E-state index < -0.39 is 11.5 Å². The molecule has 2 atom stereocenters. The number of imide groups is 1. The molecule has 6 heteroatoms. The summed E-state index contributed by atoms with van der Waals surface area (Å²) in [6.07, 6.45) is 4.64. The molecular formula is C28H34N2O4. The molecule has 1 aliphatic heterocycles. The SMILES string of the molecule is CN(C[C@H](O)c1ccccc1)C(=O)C[C@]1(c2ccccc2)CC(=O)N(CC2CCCCC2)C1=O. The lowest BCUT2D eigenvalue weighted by molar-refractivity contribution is -0.143. The molecule has 2 aliphatic rings. The van der Waals surface area contributed by atoms with Gasteiger partial charge >= 0.3 is 0 Å². The summed E-state index contributed by atoms with van der Waals surface area (Å²) in [5.41, 5.74) is 0.228. The third-order valence-electron chi connectivity index (χ3n) is 7.41. The van der Waals surface area contributed by atoms with Crippen LogP contribution in [-0.4, -0.2) is 52.8 Å². The summed E-state index contributed by atoms with van der Waals surface area (Å²) in [5.74, 6) is -0.383. The highest BCUT2D eigenvalue weighted by molar-refractivity contribution is 6.10. The van der Waals surface area contributed by atoms with Crippen molar-refractivity contribution in [1.82, 2.24) is 9.80 Å². The quantitative estimate of drug-likeness (QED) is 0.605. The van der Waals surface area contributed by atoms with Gasteiger partial charge in [0, 0.05) is 26.4 Å². The number of hydrogen-bond donors (Lipinski definition) is 1. The molecule has 2 aromatic rings. The summed E-state index contributed by atoms with van der Waals surface area (Å²) < 4.78 is 0. The second-order valence-corrected chi connectivity index (χ2v) is 9.82. The highest BCUT2D eigenvalue weighted by Gasteiger charge is 2.54. The monoisotopic (exact) mass is 462 g/mol. The van der Waals surface area contributed by atoms with Crippen LogP contribution in [0.2, 0.25) is 0 Å². The summed E-state index contributed by atoms with van der Waals surface area (Å²) in [7, 11) is 1.63. The standard InChI is InChI=1S/C28H34N2O4/c1-29(20-24(31)22-13-7-3-8-14-22)25(32)17-28(23-15-9-4-10-16-23)18-26(33)30(27(28)34)19-21-11-5-2-6-12-21/h3-4,7-10,13-16,21,24,31H,2,5-6,11-12,17-20H2,1H3/t24-,28+/m0/s1. The van der Waals surface area contributed by atoms with Crippen LogP contribution in [-0.2, 0) is 19.8 Å². The molecule has 6 nitrogen and oxygen atoms in total. The number of hydrogen-bond acceptors (Lipinski definition) is 4. The van der Waals surface area contributed by atoms with E-state index in [9.17, 15) is 19.5 Å². The van der Waals surface area contributed by atoms with Gasteiger partial charge < -0.3 is 10.0 Å². The zero-order chi connectivity index (χ0) is 24.1. The molecule has 1 heterocycles. The summed E-state index contributed by atoms with van der Waals surface area (Å²) in [4.78, 5) is 43.1. The van der Waals surface area contributed by atoms with Crippen LogP contribution >= 0.6 is 0 Å². The molecule has 4 rings (SSSR count). The van der Waals surface area contributed by atoms with Gasteiger partial charge in [0.2, 0.25) is 17.7 Å². The van der Waals surface area contributed by atoms with E-state index in [0.29, 0.717) is 18.0 Å². The van der Waals surface area contributed by atoms with E-state index in [2.05, 4.69) is 0 Å². The first kappa shape index (κ1) is 24.1. The third-order valence-corrected chi connectivity index (χ3v) is 7.41. The maximum absolute atomic E-state index is 13.8. The first-order chi connectivity index (χ1) is 16.4. The first-order valence-electron chi connectivity index (χ1n) is 12.3. The van der Waals surface area contributed by atoms with E-state index in [1.165, 1.54) is 16.2 Å². The molecule has 34 heavy (non-hydrogen) atoms. The fourth-order valence-corrected chi connectivity index (χ4v) is 5.37. The molecule has 2 fully saturated rings. The van der Waals surface area contributed by atoms with Gasteiger partial charge in [0.15, 0.2) is 0 Å². The summed E-state index contributed by atoms with van der Waals surface area (Å²) in [6.45, 7) is 0.560. The average Bonchev–Trinajstić information content (AvgIpc) is 3.10. The van der Waals surface area contributed by atoms with E-state index in [1.807, 2.05) is 60.7 Å². The van der Waals surface area contributed by atoms with Crippen LogP contribution in [0.3, 0.4) is 0 Å². The Morgan fingerprint density at radius 2 is 1.65 bits per heavy atom. The Balaban J connectivity index is 1.54. The molecule has 0 bridgehead atoms. The highest BCUT2D eigenvalue weighted by Crippen LogP contribution is 2.41. The van der Waals surface area contributed by atoms with Crippen molar-refractivity contribution in [2.24, 2.45) is 5.92 Å². The Labute approximate surface area is 201 Å². The molecule has 1 aliphatic carbocycles. The Hall–Kier alpha value is -2.99. The Kier molecular flexibility index (Phi) is 7.47. The fraction of sp³-hybridized carbons (Fsp3) is 0.464. The number of nitrogens with zero attached hydrogens (tertiary/aromatic N) is 2. The van der Waals surface area contributed by atoms with Gasteiger partial charge in [0.05, 0.1) is 18.1 Å². The van der Waals surface area contributed by atoms with Gasteiger partial charge in [0.1, 0.15) is 0 Å². The van der Waals surface area contributed by atoms with Crippen LogP contribution in [0.1, 0.15) is 62.2 Å². The minimum atomic E-state index is -1.20. The van der Waals surface area contributed by atoms with Gasteiger partial charge in [-0.05, 0) is 29.9 Å². The van der Waals surface area contributed by atoms with E-state index in [-0.39, 0.29) is 37.1 Å². The number of aliphatic hydroxyl groups is 1. The number of rotatable bonds is 8.